The lowest BCUT2D eigenvalue weighted by molar-refractivity contribution is 0.0886. The first-order chi connectivity index (χ1) is 14.7. The van der Waals surface area contributed by atoms with E-state index in [2.05, 4.69) is 58.5 Å². The van der Waals surface area contributed by atoms with Gasteiger partial charge in [0.2, 0.25) is 0 Å². The molecule has 0 bridgehead atoms. The zero-order valence-electron chi connectivity index (χ0n) is 19.2. The van der Waals surface area contributed by atoms with Crippen LogP contribution >= 0.6 is 0 Å². The van der Waals surface area contributed by atoms with Gasteiger partial charge in [-0.1, -0.05) is 32.0 Å². The molecule has 0 spiro atoms. The summed E-state index contributed by atoms with van der Waals surface area (Å²) in [7, 11) is 0. The molecule has 1 aromatic heterocycles. The average Bonchev–Trinajstić information content (AvgIpc) is 3.41. The lowest BCUT2D eigenvalue weighted by Gasteiger charge is -2.42. The van der Waals surface area contributed by atoms with Crippen molar-refractivity contribution < 1.29 is 0 Å². The van der Waals surface area contributed by atoms with Crippen molar-refractivity contribution in [1.29, 1.82) is 0 Å². The van der Waals surface area contributed by atoms with E-state index in [1.54, 1.807) is 5.69 Å². The normalized spacial score (nSPS) is 27.4. The largest absolute Gasteiger partial charge is 0.340 e. The minimum absolute atomic E-state index is 0.672. The minimum Gasteiger partial charge on any atom is -0.340 e. The third-order valence-corrected chi connectivity index (χ3v) is 8.48. The summed E-state index contributed by atoms with van der Waals surface area (Å²) in [6, 6.07) is 13.1. The summed E-state index contributed by atoms with van der Waals surface area (Å²) in [5, 5.41) is 1.43. The molecular formula is C27H41N3. The van der Waals surface area contributed by atoms with Gasteiger partial charge in [-0.15, -0.1) is 0 Å². The number of nitrogens with zero attached hydrogens (tertiary/aromatic N) is 3. The van der Waals surface area contributed by atoms with E-state index in [1.807, 2.05) is 0 Å². The van der Waals surface area contributed by atoms with E-state index >= 15 is 0 Å². The van der Waals surface area contributed by atoms with Gasteiger partial charge >= 0.3 is 0 Å². The molecule has 1 aromatic carbocycles. The Morgan fingerprint density at radius 3 is 2.23 bits per heavy atom. The van der Waals surface area contributed by atoms with E-state index in [1.165, 1.54) is 88.4 Å². The maximum atomic E-state index is 2.85. The van der Waals surface area contributed by atoms with Crippen LogP contribution in [0.15, 0.2) is 30.3 Å². The van der Waals surface area contributed by atoms with Gasteiger partial charge in [0.25, 0.3) is 0 Å². The SMILES string of the molecule is CC(C)C1CCC(N2CCC(n3c(CN4CCCC4)cc4ccccc43)CC2)CC1. The number of likely N-dealkylation sites (tertiary alicyclic amines) is 2. The topological polar surface area (TPSA) is 11.4 Å². The molecule has 30 heavy (non-hydrogen) atoms. The van der Waals surface area contributed by atoms with Gasteiger partial charge in [-0.05, 0) is 93.8 Å². The van der Waals surface area contributed by atoms with Gasteiger partial charge in [-0.3, -0.25) is 4.90 Å². The van der Waals surface area contributed by atoms with Crippen molar-refractivity contribution in [3.05, 3.63) is 36.0 Å². The van der Waals surface area contributed by atoms with Gasteiger partial charge in [0.1, 0.15) is 0 Å². The highest BCUT2D eigenvalue weighted by Crippen LogP contribution is 2.36. The van der Waals surface area contributed by atoms with Crippen molar-refractivity contribution >= 4 is 10.9 Å². The van der Waals surface area contributed by atoms with E-state index in [-0.39, 0.29) is 0 Å². The highest BCUT2D eigenvalue weighted by molar-refractivity contribution is 5.81. The molecule has 5 rings (SSSR count). The highest BCUT2D eigenvalue weighted by atomic mass is 15.2. The summed E-state index contributed by atoms with van der Waals surface area (Å²) < 4.78 is 2.74. The fourth-order valence-corrected chi connectivity index (χ4v) is 6.60. The Morgan fingerprint density at radius 2 is 1.53 bits per heavy atom. The van der Waals surface area contributed by atoms with Crippen LogP contribution in [0.4, 0.5) is 0 Å². The molecule has 0 amide bonds. The molecule has 3 fully saturated rings. The number of benzene rings is 1. The first-order valence-corrected chi connectivity index (χ1v) is 12.7. The third kappa shape index (κ3) is 4.21. The van der Waals surface area contributed by atoms with Crippen molar-refractivity contribution in [2.24, 2.45) is 11.8 Å². The Labute approximate surface area is 183 Å². The molecule has 0 atom stereocenters. The van der Waals surface area contributed by atoms with Crippen molar-refractivity contribution in [3.8, 4) is 0 Å². The van der Waals surface area contributed by atoms with Gasteiger partial charge in [0, 0.05) is 42.9 Å². The number of rotatable bonds is 5. The average molecular weight is 408 g/mol. The molecule has 0 radical (unpaired) electrons. The maximum absolute atomic E-state index is 2.85. The predicted molar refractivity (Wildman–Crippen MR) is 127 cm³/mol. The second-order valence-corrected chi connectivity index (χ2v) is 10.6. The van der Waals surface area contributed by atoms with Gasteiger partial charge in [0.15, 0.2) is 0 Å². The molecule has 3 heteroatoms. The predicted octanol–water partition coefficient (Wildman–Crippen LogP) is 6.09. The van der Waals surface area contributed by atoms with E-state index in [4.69, 9.17) is 0 Å². The van der Waals surface area contributed by atoms with E-state index < -0.39 is 0 Å². The van der Waals surface area contributed by atoms with Gasteiger partial charge in [0.05, 0.1) is 0 Å². The summed E-state index contributed by atoms with van der Waals surface area (Å²) >= 11 is 0. The standard InChI is InChI=1S/C27H41N3/c1-21(2)22-9-11-24(12-10-22)29-17-13-25(14-18-29)30-26(20-28-15-5-6-16-28)19-23-7-3-4-8-27(23)30/h3-4,7-8,19,21-22,24-25H,5-6,9-18,20H2,1-2H3. The van der Waals surface area contributed by atoms with Crippen LogP contribution in [0.1, 0.15) is 76.9 Å². The number of aromatic nitrogens is 1. The Balaban J connectivity index is 1.27. The monoisotopic (exact) mass is 407 g/mol. The summed E-state index contributed by atoms with van der Waals surface area (Å²) in [6.45, 7) is 11.1. The zero-order valence-corrected chi connectivity index (χ0v) is 19.2. The van der Waals surface area contributed by atoms with Crippen LogP contribution in [0.3, 0.4) is 0 Å². The van der Waals surface area contributed by atoms with Crippen molar-refractivity contribution in [1.82, 2.24) is 14.4 Å². The van der Waals surface area contributed by atoms with Crippen LogP contribution in [-0.2, 0) is 6.54 Å². The van der Waals surface area contributed by atoms with E-state index in [9.17, 15) is 0 Å². The van der Waals surface area contributed by atoms with Crippen LogP contribution in [0.2, 0.25) is 0 Å². The second-order valence-electron chi connectivity index (χ2n) is 10.6. The zero-order chi connectivity index (χ0) is 20.5. The van der Waals surface area contributed by atoms with E-state index in [0.717, 1.165) is 24.4 Å². The molecule has 0 unspecified atom stereocenters. The van der Waals surface area contributed by atoms with Crippen LogP contribution < -0.4 is 0 Å². The number of piperidine rings is 1. The molecule has 2 saturated heterocycles. The van der Waals surface area contributed by atoms with Gasteiger partial charge < -0.3 is 9.47 Å². The maximum Gasteiger partial charge on any atom is 0.0485 e. The molecular weight excluding hydrogens is 366 g/mol. The van der Waals surface area contributed by atoms with Crippen LogP contribution in [0.25, 0.3) is 10.9 Å². The summed E-state index contributed by atoms with van der Waals surface area (Å²) in [5.41, 5.74) is 3.01. The van der Waals surface area contributed by atoms with Crippen molar-refractivity contribution in [2.75, 3.05) is 26.2 Å². The molecule has 3 nitrogen and oxygen atoms in total. The van der Waals surface area contributed by atoms with Crippen LogP contribution in [-0.4, -0.2) is 46.6 Å². The molecule has 1 aliphatic carbocycles. The van der Waals surface area contributed by atoms with Crippen molar-refractivity contribution in [2.45, 2.75) is 83.8 Å². The summed E-state index contributed by atoms with van der Waals surface area (Å²) in [5.74, 6) is 1.84. The van der Waals surface area contributed by atoms with Crippen molar-refractivity contribution in [3.63, 3.8) is 0 Å². The fourth-order valence-electron chi connectivity index (χ4n) is 6.60. The smallest absolute Gasteiger partial charge is 0.0485 e. The van der Waals surface area contributed by atoms with Gasteiger partial charge in [-0.25, -0.2) is 0 Å². The molecule has 2 aromatic rings. The molecule has 164 valence electrons. The Bertz CT molecular complexity index is 816. The Kier molecular flexibility index (Phi) is 6.20. The third-order valence-electron chi connectivity index (χ3n) is 8.48. The second kappa shape index (κ2) is 9.04. The first-order valence-electron chi connectivity index (χ1n) is 12.7. The molecule has 0 N–H and O–H groups in total. The van der Waals surface area contributed by atoms with Crippen LogP contribution in [0, 0.1) is 11.8 Å². The van der Waals surface area contributed by atoms with Crippen LogP contribution in [0.5, 0.6) is 0 Å². The minimum atomic E-state index is 0.672. The molecule has 1 saturated carbocycles. The number of hydrogen-bond donors (Lipinski definition) is 0. The fraction of sp³-hybridized carbons (Fsp3) is 0.704. The Hall–Kier alpha value is -1.32. The molecule has 2 aliphatic heterocycles. The summed E-state index contributed by atoms with van der Waals surface area (Å²) in [4.78, 5) is 5.51. The lowest BCUT2D eigenvalue weighted by Crippen LogP contribution is -2.44. The molecule has 3 heterocycles. The Morgan fingerprint density at radius 1 is 0.833 bits per heavy atom. The number of hydrogen-bond acceptors (Lipinski definition) is 2. The quantitative estimate of drug-likeness (QED) is 0.594. The molecule has 3 aliphatic rings. The number of para-hydroxylation sites is 1. The lowest BCUT2D eigenvalue weighted by atomic mass is 9.79. The number of fused-ring (bicyclic) bond motifs is 1. The first kappa shape index (κ1) is 20.6. The summed E-state index contributed by atoms with van der Waals surface area (Å²) in [6.07, 6.45) is 11.1. The van der Waals surface area contributed by atoms with E-state index in [0.29, 0.717) is 6.04 Å². The highest BCUT2D eigenvalue weighted by Gasteiger charge is 2.31. The van der Waals surface area contributed by atoms with Gasteiger partial charge in [-0.2, -0.15) is 0 Å².